The van der Waals surface area contributed by atoms with Gasteiger partial charge in [0.15, 0.2) is 0 Å². The number of halogens is 1. The molecule has 1 rings (SSSR count). The Labute approximate surface area is 125 Å². The van der Waals surface area contributed by atoms with Gasteiger partial charge in [-0.05, 0) is 40.5 Å². The van der Waals surface area contributed by atoms with E-state index in [0.29, 0.717) is 16.6 Å². The van der Waals surface area contributed by atoms with Gasteiger partial charge in [0.25, 0.3) is 0 Å². The van der Waals surface area contributed by atoms with E-state index in [1.165, 1.54) is 18.2 Å². The average Bonchev–Trinajstić information content (AvgIpc) is 2.40. The monoisotopic (exact) mass is 338 g/mol. The van der Waals surface area contributed by atoms with Gasteiger partial charge in [-0.25, -0.2) is 9.59 Å². The fourth-order valence-corrected chi connectivity index (χ4v) is 2.03. The molecule has 2 amide bonds. The molecule has 0 aliphatic carbocycles. The number of terminal acetylenes is 1. The molecule has 1 unspecified atom stereocenters. The van der Waals surface area contributed by atoms with Crippen molar-refractivity contribution in [2.45, 2.75) is 25.8 Å². The highest BCUT2D eigenvalue weighted by atomic mass is 79.9. The van der Waals surface area contributed by atoms with E-state index in [0.717, 1.165) is 6.42 Å². The van der Waals surface area contributed by atoms with E-state index in [1.54, 1.807) is 0 Å². The van der Waals surface area contributed by atoms with Gasteiger partial charge in [-0.1, -0.05) is 19.3 Å². The Bertz CT molecular complexity index is 552. The van der Waals surface area contributed by atoms with Gasteiger partial charge in [0.2, 0.25) is 0 Å². The lowest BCUT2D eigenvalue weighted by molar-refractivity contribution is 0.0697. The second-order valence-electron chi connectivity index (χ2n) is 4.11. The predicted octanol–water partition coefficient (Wildman–Crippen LogP) is 3.07. The zero-order valence-corrected chi connectivity index (χ0v) is 12.5. The SMILES string of the molecule is C#CC(CCC)NC(=O)Nc1ccc(C(=O)O)cc1Br. The van der Waals surface area contributed by atoms with Crippen molar-refractivity contribution in [2.75, 3.05) is 5.32 Å². The van der Waals surface area contributed by atoms with Crippen molar-refractivity contribution in [2.24, 2.45) is 0 Å². The van der Waals surface area contributed by atoms with Crippen LogP contribution in [0, 0.1) is 12.3 Å². The van der Waals surface area contributed by atoms with Gasteiger partial charge >= 0.3 is 12.0 Å². The molecule has 0 bridgehead atoms. The number of urea groups is 1. The quantitative estimate of drug-likeness (QED) is 0.722. The predicted molar refractivity (Wildman–Crippen MR) is 80.8 cm³/mol. The maximum Gasteiger partial charge on any atom is 0.335 e. The molecule has 6 heteroatoms. The standard InChI is InChI=1S/C14H15BrN2O3/c1-3-5-10(4-2)16-14(20)17-12-7-6-9(13(18)19)8-11(12)15/h2,6-8,10H,3,5H2,1H3,(H,18,19)(H2,16,17,20). The van der Waals surface area contributed by atoms with E-state index in [4.69, 9.17) is 11.5 Å². The summed E-state index contributed by atoms with van der Waals surface area (Å²) in [5, 5.41) is 14.1. The molecule has 0 radical (unpaired) electrons. The molecule has 0 heterocycles. The first-order valence-electron chi connectivity index (χ1n) is 6.04. The van der Waals surface area contributed by atoms with Crippen LogP contribution in [-0.4, -0.2) is 23.1 Å². The summed E-state index contributed by atoms with van der Waals surface area (Å²) in [5.74, 6) is 1.47. The van der Waals surface area contributed by atoms with Crippen LogP contribution in [-0.2, 0) is 0 Å². The molecular weight excluding hydrogens is 324 g/mol. The summed E-state index contributed by atoms with van der Waals surface area (Å²) in [6, 6.07) is 3.59. The van der Waals surface area contributed by atoms with Crippen molar-refractivity contribution in [3.05, 3.63) is 28.2 Å². The second kappa shape index (κ2) is 7.56. The molecule has 0 spiro atoms. The Morgan fingerprint density at radius 1 is 1.50 bits per heavy atom. The van der Waals surface area contributed by atoms with Crippen molar-refractivity contribution < 1.29 is 14.7 Å². The number of carboxylic acids is 1. The number of nitrogens with one attached hydrogen (secondary N) is 2. The second-order valence-corrected chi connectivity index (χ2v) is 4.96. The molecule has 0 saturated carbocycles. The smallest absolute Gasteiger partial charge is 0.335 e. The minimum absolute atomic E-state index is 0.135. The van der Waals surface area contributed by atoms with Crippen molar-refractivity contribution in [3.63, 3.8) is 0 Å². The van der Waals surface area contributed by atoms with E-state index < -0.39 is 12.0 Å². The lowest BCUT2D eigenvalue weighted by atomic mass is 10.2. The van der Waals surface area contributed by atoms with E-state index >= 15 is 0 Å². The first kappa shape index (κ1) is 16.1. The molecular formula is C14H15BrN2O3. The molecule has 0 saturated heterocycles. The summed E-state index contributed by atoms with van der Waals surface area (Å²) in [5.41, 5.74) is 0.607. The van der Waals surface area contributed by atoms with Crippen molar-refractivity contribution in [1.29, 1.82) is 0 Å². The summed E-state index contributed by atoms with van der Waals surface area (Å²) in [7, 11) is 0. The number of hydrogen-bond acceptors (Lipinski definition) is 2. The fraction of sp³-hybridized carbons (Fsp3) is 0.286. The van der Waals surface area contributed by atoms with Crippen molar-refractivity contribution in [1.82, 2.24) is 5.32 Å². The van der Waals surface area contributed by atoms with Crippen LogP contribution in [0.25, 0.3) is 0 Å². The lowest BCUT2D eigenvalue weighted by Gasteiger charge is -2.14. The molecule has 0 aromatic heterocycles. The van der Waals surface area contributed by atoms with Crippen LogP contribution < -0.4 is 10.6 Å². The van der Waals surface area contributed by atoms with Crippen LogP contribution in [0.1, 0.15) is 30.1 Å². The molecule has 0 fully saturated rings. The van der Waals surface area contributed by atoms with Crippen molar-refractivity contribution >= 4 is 33.6 Å². The fourth-order valence-electron chi connectivity index (χ4n) is 1.55. The number of anilines is 1. The zero-order chi connectivity index (χ0) is 15.1. The van der Waals surface area contributed by atoms with E-state index in [9.17, 15) is 9.59 Å². The topological polar surface area (TPSA) is 78.4 Å². The third kappa shape index (κ3) is 4.59. The Balaban J connectivity index is 2.71. The average molecular weight is 339 g/mol. The van der Waals surface area contributed by atoms with Gasteiger partial charge in [-0.3, -0.25) is 0 Å². The summed E-state index contributed by atoms with van der Waals surface area (Å²) in [6.45, 7) is 1.98. The highest BCUT2D eigenvalue weighted by Crippen LogP contribution is 2.23. The maximum absolute atomic E-state index is 11.8. The van der Waals surface area contributed by atoms with Crippen molar-refractivity contribution in [3.8, 4) is 12.3 Å². The molecule has 20 heavy (non-hydrogen) atoms. The first-order valence-corrected chi connectivity index (χ1v) is 6.83. The number of carbonyl (C=O) groups excluding carboxylic acids is 1. The van der Waals surface area contributed by atoms with Gasteiger partial charge in [0, 0.05) is 4.47 Å². The van der Waals surface area contributed by atoms with E-state index in [-0.39, 0.29) is 11.6 Å². The van der Waals surface area contributed by atoms with Gasteiger partial charge in [-0.15, -0.1) is 6.42 Å². The van der Waals surface area contributed by atoms with Crippen LogP contribution in [0.3, 0.4) is 0 Å². The third-order valence-electron chi connectivity index (χ3n) is 2.55. The Morgan fingerprint density at radius 2 is 2.20 bits per heavy atom. The molecule has 3 N–H and O–H groups in total. The van der Waals surface area contributed by atoms with Crippen LogP contribution in [0.4, 0.5) is 10.5 Å². The first-order chi connectivity index (χ1) is 9.47. The minimum Gasteiger partial charge on any atom is -0.478 e. The van der Waals surface area contributed by atoms with Gasteiger partial charge in [0.05, 0.1) is 17.3 Å². The number of aromatic carboxylic acids is 1. The molecule has 1 aromatic carbocycles. The molecule has 1 atom stereocenters. The number of carbonyl (C=O) groups is 2. The molecule has 106 valence electrons. The van der Waals surface area contributed by atoms with Crippen LogP contribution in [0.15, 0.2) is 22.7 Å². The molecule has 0 aliphatic rings. The molecule has 1 aromatic rings. The van der Waals surface area contributed by atoms with Gasteiger partial charge in [0.1, 0.15) is 0 Å². The normalized spacial score (nSPS) is 11.2. The summed E-state index contributed by atoms with van der Waals surface area (Å²) in [6.07, 6.45) is 6.88. The van der Waals surface area contributed by atoms with E-state index in [1.807, 2.05) is 6.92 Å². The van der Waals surface area contributed by atoms with E-state index in [2.05, 4.69) is 32.5 Å². The Hall–Kier alpha value is -2.00. The molecule has 5 nitrogen and oxygen atoms in total. The van der Waals surface area contributed by atoms with Gasteiger partial charge < -0.3 is 15.7 Å². The number of carboxylic acid groups (broad SMARTS) is 1. The van der Waals surface area contributed by atoms with Crippen LogP contribution in [0.5, 0.6) is 0 Å². The van der Waals surface area contributed by atoms with Crippen LogP contribution in [0.2, 0.25) is 0 Å². The minimum atomic E-state index is -1.03. The summed E-state index contributed by atoms with van der Waals surface area (Å²) >= 11 is 3.21. The highest BCUT2D eigenvalue weighted by Gasteiger charge is 2.11. The summed E-state index contributed by atoms with van der Waals surface area (Å²) < 4.78 is 0.486. The van der Waals surface area contributed by atoms with Gasteiger partial charge in [-0.2, -0.15) is 0 Å². The van der Waals surface area contributed by atoms with Crippen LogP contribution >= 0.6 is 15.9 Å². The number of benzene rings is 1. The zero-order valence-electron chi connectivity index (χ0n) is 10.9. The highest BCUT2D eigenvalue weighted by molar-refractivity contribution is 9.10. The maximum atomic E-state index is 11.8. The lowest BCUT2D eigenvalue weighted by Crippen LogP contribution is -2.37. The Kier molecular flexibility index (Phi) is 6.07. The third-order valence-corrected chi connectivity index (χ3v) is 3.20. The molecule has 0 aliphatic heterocycles. The Morgan fingerprint density at radius 3 is 2.70 bits per heavy atom. The largest absolute Gasteiger partial charge is 0.478 e. The summed E-state index contributed by atoms with van der Waals surface area (Å²) in [4.78, 5) is 22.6. The number of rotatable bonds is 5. The number of amides is 2. The number of hydrogen-bond donors (Lipinski definition) is 3.